The smallest absolute Gasteiger partial charge is 0.129 e. The zero-order valence-corrected chi connectivity index (χ0v) is 12.1. The summed E-state index contributed by atoms with van der Waals surface area (Å²) >= 11 is 12.4. The maximum atomic E-state index is 13.9. The van der Waals surface area contributed by atoms with Crippen LogP contribution >= 0.6 is 23.2 Å². The molecular formula is C15H13Cl2FO. The summed E-state index contributed by atoms with van der Waals surface area (Å²) in [5, 5.41) is -0.382. The average Bonchev–Trinajstić information content (AvgIpc) is 2.38. The Bertz CT molecular complexity index is 578. The van der Waals surface area contributed by atoms with E-state index >= 15 is 0 Å². The van der Waals surface area contributed by atoms with Crippen molar-refractivity contribution in [2.24, 2.45) is 0 Å². The van der Waals surface area contributed by atoms with E-state index in [1.54, 1.807) is 19.2 Å². The Morgan fingerprint density at radius 3 is 2.58 bits per heavy atom. The zero-order valence-electron chi connectivity index (χ0n) is 10.6. The molecule has 1 nitrogen and oxygen atoms in total. The van der Waals surface area contributed by atoms with Crippen LogP contribution in [0.2, 0.25) is 5.02 Å². The van der Waals surface area contributed by atoms with Crippen LogP contribution in [0.15, 0.2) is 36.4 Å². The van der Waals surface area contributed by atoms with Crippen LogP contribution in [0.5, 0.6) is 5.75 Å². The molecule has 0 fully saturated rings. The summed E-state index contributed by atoms with van der Waals surface area (Å²) in [4.78, 5) is 0. The Labute approximate surface area is 121 Å². The molecule has 0 amide bonds. The lowest BCUT2D eigenvalue weighted by Gasteiger charge is -2.17. The lowest BCUT2D eigenvalue weighted by molar-refractivity contribution is 0.410. The minimum Gasteiger partial charge on any atom is -0.496 e. The van der Waals surface area contributed by atoms with Crippen molar-refractivity contribution >= 4 is 23.2 Å². The molecule has 2 rings (SSSR count). The molecule has 19 heavy (non-hydrogen) atoms. The van der Waals surface area contributed by atoms with E-state index < -0.39 is 11.2 Å². The van der Waals surface area contributed by atoms with Gasteiger partial charge < -0.3 is 4.74 Å². The minimum absolute atomic E-state index is 0.273. The summed E-state index contributed by atoms with van der Waals surface area (Å²) in [6.07, 6.45) is 0. The standard InChI is InChI=1S/C15H13Cl2FO/c1-9-6-7-13(19-2)10(8-9)15(17)14-11(16)4-3-5-12(14)18/h3-8,15H,1-2H3. The topological polar surface area (TPSA) is 9.23 Å². The molecule has 0 radical (unpaired) electrons. The summed E-state index contributed by atoms with van der Waals surface area (Å²) in [6, 6.07) is 10.1. The summed E-state index contributed by atoms with van der Waals surface area (Å²) in [5.41, 5.74) is 2.00. The first-order chi connectivity index (χ1) is 9.04. The first kappa shape index (κ1) is 14.2. The second kappa shape index (κ2) is 5.81. The highest BCUT2D eigenvalue weighted by atomic mass is 35.5. The van der Waals surface area contributed by atoms with Gasteiger partial charge in [0.1, 0.15) is 11.6 Å². The fraction of sp³-hybridized carbons (Fsp3) is 0.200. The van der Waals surface area contributed by atoms with Gasteiger partial charge in [0.05, 0.1) is 12.5 Å². The van der Waals surface area contributed by atoms with Crippen LogP contribution in [0, 0.1) is 12.7 Å². The number of halogens is 3. The van der Waals surface area contributed by atoms with Gasteiger partial charge in [-0.05, 0) is 25.1 Å². The lowest BCUT2D eigenvalue weighted by atomic mass is 10.0. The molecule has 2 aromatic rings. The molecule has 1 unspecified atom stereocenters. The van der Waals surface area contributed by atoms with Gasteiger partial charge in [-0.3, -0.25) is 0 Å². The third kappa shape index (κ3) is 2.85. The summed E-state index contributed by atoms with van der Waals surface area (Å²) < 4.78 is 19.2. The van der Waals surface area contributed by atoms with Crippen molar-refractivity contribution in [3.8, 4) is 5.75 Å². The lowest BCUT2D eigenvalue weighted by Crippen LogP contribution is -2.01. The van der Waals surface area contributed by atoms with Gasteiger partial charge in [0, 0.05) is 16.1 Å². The first-order valence-electron chi connectivity index (χ1n) is 5.77. The fourth-order valence-corrected chi connectivity index (χ4v) is 2.68. The highest BCUT2D eigenvalue weighted by Crippen LogP contribution is 2.39. The van der Waals surface area contributed by atoms with Crippen molar-refractivity contribution in [2.75, 3.05) is 7.11 Å². The Morgan fingerprint density at radius 1 is 1.21 bits per heavy atom. The van der Waals surface area contributed by atoms with Gasteiger partial charge in [-0.15, -0.1) is 11.6 Å². The van der Waals surface area contributed by atoms with E-state index in [2.05, 4.69) is 0 Å². The molecule has 0 aliphatic heterocycles. The van der Waals surface area contributed by atoms with Crippen molar-refractivity contribution in [3.63, 3.8) is 0 Å². The highest BCUT2D eigenvalue weighted by molar-refractivity contribution is 6.33. The van der Waals surface area contributed by atoms with E-state index in [-0.39, 0.29) is 5.56 Å². The van der Waals surface area contributed by atoms with Crippen molar-refractivity contribution in [1.82, 2.24) is 0 Å². The van der Waals surface area contributed by atoms with E-state index in [0.29, 0.717) is 16.3 Å². The second-order valence-electron chi connectivity index (χ2n) is 4.24. The fourth-order valence-electron chi connectivity index (χ4n) is 1.96. The first-order valence-corrected chi connectivity index (χ1v) is 6.58. The highest BCUT2D eigenvalue weighted by Gasteiger charge is 2.21. The zero-order chi connectivity index (χ0) is 14.0. The number of rotatable bonds is 3. The van der Waals surface area contributed by atoms with Gasteiger partial charge in [0.15, 0.2) is 0 Å². The maximum Gasteiger partial charge on any atom is 0.129 e. The molecule has 100 valence electrons. The number of ether oxygens (including phenoxy) is 1. The third-order valence-electron chi connectivity index (χ3n) is 2.91. The molecule has 0 N–H and O–H groups in total. The molecule has 0 spiro atoms. The predicted molar refractivity (Wildman–Crippen MR) is 76.8 cm³/mol. The molecule has 0 saturated carbocycles. The number of benzene rings is 2. The quantitative estimate of drug-likeness (QED) is 0.714. The van der Waals surface area contributed by atoms with E-state index in [1.165, 1.54) is 6.07 Å². The van der Waals surface area contributed by atoms with Crippen LogP contribution in [0.1, 0.15) is 22.1 Å². The summed E-state index contributed by atoms with van der Waals surface area (Å²) in [5.74, 6) is 0.195. The SMILES string of the molecule is COc1ccc(C)cc1C(Cl)c1c(F)cccc1Cl. The van der Waals surface area contributed by atoms with E-state index in [1.807, 2.05) is 25.1 Å². The van der Waals surface area contributed by atoms with Crippen LogP contribution in [-0.2, 0) is 0 Å². The summed E-state index contributed by atoms with van der Waals surface area (Å²) in [7, 11) is 1.56. The van der Waals surface area contributed by atoms with Crippen LogP contribution in [-0.4, -0.2) is 7.11 Å². The summed E-state index contributed by atoms with van der Waals surface area (Å²) in [6.45, 7) is 1.94. The molecule has 2 aromatic carbocycles. The van der Waals surface area contributed by atoms with Crippen LogP contribution in [0.25, 0.3) is 0 Å². The molecular weight excluding hydrogens is 286 g/mol. The molecule has 4 heteroatoms. The molecule has 0 bridgehead atoms. The van der Waals surface area contributed by atoms with Crippen LogP contribution in [0.4, 0.5) is 4.39 Å². The van der Waals surface area contributed by atoms with Crippen LogP contribution < -0.4 is 4.74 Å². The van der Waals surface area contributed by atoms with Crippen molar-refractivity contribution in [3.05, 3.63) is 63.9 Å². The normalized spacial score (nSPS) is 12.3. The van der Waals surface area contributed by atoms with Gasteiger partial charge in [-0.2, -0.15) is 0 Å². The third-order valence-corrected chi connectivity index (χ3v) is 3.69. The number of hydrogen-bond donors (Lipinski definition) is 0. The molecule has 0 aliphatic carbocycles. The Morgan fingerprint density at radius 2 is 1.95 bits per heavy atom. The maximum absolute atomic E-state index is 13.9. The minimum atomic E-state index is -0.691. The van der Waals surface area contributed by atoms with Gasteiger partial charge in [0.2, 0.25) is 0 Å². The Kier molecular flexibility index (Phi) is 4.33. The van der Waals surface area contributed by atoms with Gasteiger partial charge in [0.25, 0.3) is 0 Å². The molecule has 0 saturated heterocycles. The van der Waals surface area contributed by atoms with Crippen molar-refractivity contribution < 1.29 is 9.13 Å². The van der Waals surface area contributed by atoms with Gasteiger partial charge in [-0.1, -0.05) is 35.4 Å². The molecule has 0 heterocycles. The predicted octanol–water partition coefficient (Wildman–Crippen LogP) is 5.12. The number of methoxy groups -OCH3 is 1. The van der Waals surface area contributed by atoms with Gasteiger partial charge in [-0.25, -0.2) is 4.39 Å². The second-order valence-corrected chi connectivity index (χ2v) is 5.09. The van der Waals surface area contributed by atoms with E-state index in [9.17, 15) is 4.39 Å². The van der Waals surface area contributed by atoms with Crippen molar-refractivity contribution in [1.29, 1.82) is 0 Å². The average molecular weight is 299 g/mol. The number of aryl methyl sites for hydroxylation is 1. The Balaban J connectivity index is 2.55. The van der Waals surface area contributed by atoms with E-state index in [0.717, 1.165) is 5.56 Å². The largest absolute Gasteiger partial charge is 0.496 e. The van der Waals surface area contributed by atoms with Crippen molar-refractivity contribution in [2.45, 2.75) is 12.3 Å². The monoisotopic (exact) mass is 298 g/mol. The number of hydrogen-bond acceptors (Lipinski definition) is 1. The molecule has 0 aliphatic rings. The van der Waals surface area contributed by atoms with E-state index in [4.69, 9.17) is 27.9 Å². The van der Waals surface area contributed by atoms with Gasteiger partial charge >= 0.3 is 0 Å². The molecule has 1 atom stereocenters. The van der Waals surface area contributed by atoms with Crippen LogP contribution in [0.3, 0.4) is 0 Å². The Hall–Kier alpha value is -1.25. The number of alkyl halides is 1. The molecule has 0 aromatic heterocycles.